The quantitative estimate of drug-likeness (QED) is 0.281. The van der Waals surface area contributed by atoms with Crippen LogP contribution >= 0.6 is 11.3 Å². The van der Waals surface area contributed by atoms with Crippen molar-refractivity contribution in [1.82, 2.24) is 9.80 Å². The number of piperazine rings is 1. The molecule has 8 heteroatoms. The van der Waals surface area contributed by atoms with E-state index in [1.807, 2.05) is 61.2 Å². The first kappa shape index (κ1) is 26.4. The van der Waals surface area contributed by atoms with Crippen molar-refractivity contribution in [3.8, 4) is 0 Å². The summed E-state index contributed by atoms with van der Waals surface area (Å²) in [4.78, 5) is 18.6. The van der Waals surface area contributed by atoms with Gasteiger partial charge in [-0.3, -0.25) is 14.0 Å². The van der Waals surface area contributed by atoms with Crippen molar-refractivity contribution in [1.29, 1.82) is 0 Å². The number of benzene rings is 3. The highest BCUT2D eigenvalue weighted by molar-refractivity contribution is 7.92. The number of hydrogen-bond donors (Lipinski definition) is 0. The van der Waals surface area contributed by atoms with Crippen molar-refractivity contribution in [2.45, 2.75) is 31.7 Å². The Morgan fingerprint density at radius 1 is 0.921 bits per heavy atom. The second-order valence-corrected chi connectivity index (χ2v) is 12.7. The third kappa shape index (κ3) is 5.62. The van der Waals surface area contributed by atoms with Crippen LogP contribution in [0.15, 0.2) is 83.8 Å². The number of amides is 1. The smallest absolute Gasteiger partial charge is 0.264 e. The van der Waals surface area contributed by atoms with E-state index in [2.05, 4.69) is 29.2 Å². The Labute approximate surface area is 229 Å². The van der Waals surface area contributed by atoms with Gasteiger partial charge in [-0.15, -0.1) is 11.3 Å². The molecule has 0 unspecified atom stereocenters. The van der Waals surface area contributed by atoms with Gasteiger partial charge in [-0.25, -0.2) is 8.42 Å². The zero-order valence-electron chi connectivity index (χ0n) is 21.8. The van der Waals surface area contributed by atoms with E-state index in [9.17, 15) is 13.2 Å². The SMILES string of the molecule is CCCN(c1ccc2sc(C(=O)N3CCN(Cc4ccccc4)CC3)cc2c1)S(=O)(=O)c1ccc(C)cc1. The van der Waals surface area contributed by atoms with E-state index in [-0.39, 0.29) is 10.8 Å². The number of rotatable bonds is 8. The van der Waals surface area contributed by atoms with E-state index >= 15 is 0 Å². The number of nitrogens with zero attached hydrogens (tertiary/aromatic N) is 3. The standard InChI is InChI=1S/C30H33N3O3S2/c1-3-15-33(38(35,36)27-12-9-23(2)10-13-27)26-11-14-28-25(20-26)21-29(37-28)30(34)32-18-16-31(17-19-32)22-24-7-5-4-6-8-24/h4-14,20-21H,3,15-19,22H2,1-2H3. The van der Waals surface area contributed by atoms with E-state index in [1.54, 1.807) is 12.1 Å². The number of sulfonamides is 1. The van der Waals surface area contributed by atoms with E-state index in [0.717, 1.165) is 35.3 Å². The van der Waals surface area contributed by atoms with Gasteiger partial charge in [-0.05, 0) is 60.7 Å². The molecule has 0 spiro atoms. The molecule has 4 aromatic rings. The molecule has 38 heavy (non-hydrogen) atoms. The number of fused-ring (bicyclic) bond motifs is 1. The van der Waals surface area contributed by atoms with Gasteiger partial charge in [0.05, 0.1) is 15.5 Å². The van der Waals surface area contributed by atoms with Crippen molar-refractivity contribution < 1.29 is 13.2 Å². The van der Waals surface area contributed by atoms with Gasteiger partial charge >= 0.3 is 0 Å². The summed E-state index contributed by atoms with van der Waals surface area (Å²) in [6, 6.07) is 24.9. The minimum absolute atomic E-state index is 0.0461. The first-order valence-electron chi connectivity index (χ1n) is 13.0. The molecular formula is C30H33N3O3S2. The van der Waals surface area contributed by atoms with Gasteiger partial charge in [-0.2, -0.15) is 0 Å². The Morgan fingerprint density at radius 3 is 2.32 bits per heavy atom. The highest BCUT2D eigenvalue weighted by Crippen LogP contribution is 2.33. The Kier molecular flexibility index (Phi) is 7.83. The molecule has 0 atom stereocenters. The summed E-state index contributed by atoms with van der Waals surface area (Å²) in [5, 5.41) is 0.888. The first-order valence-corrected chi connectivity index (χ1v) is 15.3. The van der Waals surface area contributed by atoms with Crippen molar-refractivity contribution in [3.63, 3.8) is 0 Å². The van der Waals surface area contributed by atoms with E-state index in [4.69, 9.17) is 0 Å². The Hall–Kier alpha value is -3.20. The zero-order chi connectivity index (χ0) is 26.7. The number of anilines is 1. The van der Waals surface area contributed by atoms with Crippen LogP contribution in [0, 0.1) is 6.92 Å². The van der Waals surface area contributed by atoms with Gasteiger partial charge in [0.25, 0.3) is 15.9 Å². The van der Waals surface area contributed by atoms with Gasteiger partial charge in [-0.1, -0.05) is 55.0 Å². The summed E-state index contributed by atoms with van der Waals surface area (Å²) in [6.07, 6.45) is 0.687. The fraction of sp³-hybridized carbons (Fsp3) is 0.300. The van der Waals surface area contributed by atoms with Crippen LogP contribution in [0.3, 0.4) is 0 Å². The summed E-state index contributed by atoms with van der Waals surface area (Å²) in [7, 11) is -3.70. The third-order valence-electron chi connectivity index (χ3n) is 6.94. The molecule has 5 rings (SSSR count). The lowest BCUT2D eigenvalue weighted by molar-refractivity contribution is 0.0633. The second-order valence-electron chi connectivity index (χ2n) is 9.78. The van der Waals surface area contributed by atoms with Gasteiger partial charge in [0.2, 0.25) is 0 Å². The maximum absolute atomic E-state index is 13.5. The van der Waals surface area contributed by atoms with Crippen LogP contribution in [-0.4, -0.2) is 56.8 Å². The molecule has 1 aromatic heterocycles. The lowest BCUT2D eigenvalue weighted by atomic mass is 10.2. The summed E-state index contributed by atoms with van der Waals surface area (Å²) in [6.45, 7) is 8.27. The van der Waals surface area contributed by atoms with Crippen LogP contribution < -0.4 is 4.31 Å². The fourth-order valence-corrected chi connectivity index (χ4v) is 7.39. The molecular weight excluding hydrogens is 514 g/mol. The predicted molar refractivity (Wildman–Crippen MR) is 155 cm³/mol. The Morgan fingerprint density at radius 2 is 1.63 bits per heavy atom. The molecule has 198 valence electrons. The zero-order valence-corrected chi connectivity index (χ0v) is 23.5. The van der Waals surface area contributed by atoms with Gasteiger partial charge in [0.15, 0.2) is 0 Å². The van der Waals surface area contributed by atoms with Crippen LogP contribution in [-0.2, 0) is 16.6 Å². The van der Waals surface area contributed by atoms with Gasteiger partial charge in [0, 0.05) is 44.0 Å². The van der Waals surface area contributed by atoms with Gasteiger partial charge in [0.1, 0.15) is 0 Å². The predicted octanol–water partition coefficient (Wildman–Crippen LogP) is 5.77. The number of aryl methyl sites for hydroxylation is 1. The first-order chi connectivity index (χ1) is 18.3. The lowest BCUT2D eigenvalue weighted by Gasteiger charge is -2.34. The Balaban J connectivity index is 1.32. The minimum Gasteiger partial charge on any atom is -0.335 e. The lowest BCUT2D eigenvalue weighted by Crippen LogP contribution is -2.48. The van der Waals surface area contributed by atoms with E-state index < -0.39 is 10.0 Å². The van der Waals surface area contributed by atoms with Crippen LogP contribution in [0.4, 0.5) is 5.69 Å². The van der Waals surface area contributed by atoms with Crippen molar-refractivity contribution in [3.05, 3.63) is 94.9 Å². The third-order valence-corrected chi connectivity index (χ3v) is 9.89. The molecule has 0 aliphatic carbocycles. The molecule has 1 aliphatic heterocycles. The Bertz CT molecular complexity index is 1510. The van der Waals surface area contributed by atoms with Crippen LogP contribution in [0.2, 0.25) is 0 Å². The van der Waals surface area contributed by atoms with E-state index in [1.165, 1.54) is 21.2 Å². The maximum Gasteiger partial charge on any atom is 0.264 e. The normalized spacial score (nSPS) is 14.6. The number of carbonyl (C=O) groups is 1. The number of hydrogen-bond acceptors (Lipinski definition) is 5. The highest BCUT2D eigenvalue weighted by Gasteiger charge is 2.26. The molecule has 0 saturated carbocycles. The topological polar surface area (TPSA) is 60.9 Å². The fourth-order valence-electron chi connectivity index (χ4n) is 4.83. The van der Waals surface area contributed by atoms with Crippen molar-refractivity contribution >= 4 is 43.0 Å². The summed E-state index contributed by atoms with van der Waals surface area (Å²) in [5.74, 6) is 0.0461. The van der Waals surface area contributed by atoms with Crippen molar-refractivity contribution in [2.24, 2.45) is 0 Å². The molecule has 0 bridgehead atoms. The molecule has 1 aliphatic rings. The molecule has 3 aromatic carbocycles. The van der Waals surface area contributed by atoms with E-state index in [0.29, 0.717) is 36.6 Å². The molecule has 1 saturated heterocycles. The monoisotopic (exact) mass is 547 g/mol. The second kappa shape index (κ2) is 11.3. The average Bonchev–Trinajstić information content (AvgIpc) is 3.36. The molecule has 0 N–H and O–H groups in total. The van der Waals surface area contributed by atoms with Crippen LogP contribution in [0.1, 0.15) is 34.1 Å². The van der Waals surface area contributed by atoms with Crippen LogP contribution in [0.25, 0.3) is 10.1 Å². The van der Waals surface area contributed by atoms with Gasteiger partial charge < -0.3 is 4.90 Å². The molecule has 6 nitrogen and oxygen atoms in total. The van der Waals surface area contributed by atoms with Crippen molar-refractivity contribution in [2.75, 3.05) is 37.0 Å². The molecule has 1 amide bonds. The summed E-state index contributed by atoms with van der Waals surface area (Å²) < 4.78 is 29.4. The molecule has 2 heterocycles. The number of thiophene rings is 1. The molecule has 1 fully saturated rings. The van der Waals surface area contributed by atoms with Crippen LogP contribution in [0.5, 0.6) is 0 Å². The highest BCUT2D eigenvalue weighted by atomic mass is 32.2. The molecule has 0 radical (unpaired) electrons. The largest absolute Gasteiger partial charge is 0.335 e. The average molecular weight is 548 g/mol. The summed E-state index contributed by atoms with van der Waals surface area (Å²) >= 11 is 1.47. The maximum atomic E-state index is 13.5. The summed E-state index contributed by atoms with van der Waals surface area (Å²) in [5.41, 5.74) is 2.92. The minimum atomic E-state index is -3.70. The number of carbonyl (C=O) groups excluding carboxylic acids is 1.